The summed E-state index contributed by atoms with van der Waals surface area (Å²) in [7, 11) is 0. The van der Waals surface area contributed by atoms with Crippen LogP contribution in [0.5, 0.6) is 0 Å². The normalized spacial score (nSPS) is 31.6. The number of allylic oxidation sites excluding steroid dienone is 2. The summed E-state index contributed by atoms with van der Waals surface area (Å²) in [5.41, 5.74) is 0.594. The maximum Gasteiger partial charge on any atom is 0.234 e. The Morgan fingerprint density at radius 2 is 1.76 bits per heavy atom. The molecule has 1 aliphatic carbocycles. The third-order valence-corrected chi connectivity index (χ3v) is 4.73. The van der Waals surface area contributed by atoms with Crippen LogP contribution in [-0.4, -0.2) is 16.3 Å². The number of hydrogen-bond acceptors (Lipinski definition) is 1. The van der Waals surface area contributed by atoms with E-state index in [1.54, 1.807) is 0 Å². The number of fused-ring (bicyclic) bond motifs is 1. The van der Waals surface area contributed by atoms with E-state index in [4.69, 9.17) is 0 Å². The van der Waals surface area contributed by atoms with Crippen molar-refractivity contribution < 1.29 is 4.79 Å². The van der Waals surface area contributed by atoms with Crippen LogP contribution in [0.3, 0.4) is 0 Å². The lowest BCUT2D eigenvalue weighted by atomic mass is 9.73. The molecule has 0 spiro atoms. The van der Waals surface area contributed by atoms with Crippen LogP contribution in [-0.2, 0) is 4.79 Å². The molecule has 3 atom stereocenters. The van der Waals surface area contributed by atoms with E-state index >= 15 is 0 Å². The summed E-state index contributed by atoms with van der Waals surface area (Å²) >= 11 is 0. The molecule has 2 heteroatoms. The lowest BCUT2D eigenvalue weighted by Gasteiger charge is -2.38. The molecule has 1 aromatic rings. The van der Waals surface area contributed by atoms with Gasteiger partial charge in [-0.3, -0.25) is 4.79 Å². The van der Waals surface area contributed by atoms with Crippen molar-refractivity contribution in [2.24, 2.45) is 11.3 Å². The summed E-state index contributed by atoms with van der Waals surface area (Å²) < 4.78 is 0. The topological polar surface area (TPSA) is 20.3 Å². The average molecular weight is 281 g/mol. The summed E-state index contributed by atoms with van der Waals surface area (Å²) in [5.74, 6) is 0.422. The molecule has 0 aromatic heterocycles. The quantitative estimate of drug-likeness (QED) is 0.758. The van der Waals surface area contributed by atoms with E-state index in [0.717, 1.165) is 0 Å². The minimum absolute atomic E-state index is 0.102. The molecule has 110 valence electrons. The van der Waals surface area contributed by atoms with Crippen LogP contribution in [0.4, 0.5) is 0 Å². The minimum atomic E-state index is -0.428. The monoisotopic (exact) mass is 281 g/mol. The van der Waals surface area contributed by atoms with Crippen molar-refractivity contribution in [2.75, 3.05) is 0 Å². The predicted octanol–water partition coefficient (Wildman–Crippen LogP) is 4.12. The summed E-state index contributed by atoms with van der Waals surface area (Å²) in [6, 6.07) is 10.5. The van der Waals surface area contributed by atoms with Gasteiger partial charge >= 0.3 is 0 Å². The van der Waals surface area contributed by atoms with Crippen LogP contribution >= 0.6 is 0 Å². The van der Waals surface area contributed by atoms with E-state index in [9.17, 15) is 4.79 Å². The number of benzene rings is 1. The van der Waals surface area contributed by atoms with E-state index in [1.165, 1.54) is 5.56 Å². The van der Waals surface area contributed by atoms with Crippen molar-refractivity contribution in [3.63, 3.8) is 0 Å². The highest BCUT2D eigenvalue weighted by atomic mass is 16.2. The Balaban J connectivity index is 2.16. The van der Waals surface area contributed by atoms with E-state index < -0.39 is 5.41 Å². The van der Waals surface area contributed by atoms with Crippen molar-refractivity contribution in [2.45, 2.75) is 39.3 Å². The molecule has 1 aromatic carbocycles. The molecule has 0 saturated carbocycles. The first-order valence-corrected chi connectivity index (χ1v) is 7.60. The van der Waals surface area contributed by atoms with Gasteiger partial charge in [0.15, 0.2) is 0 Å². The van der Waals surface area contributed by atoms with E-state index in [2.05, 4.69) is 75.1 Å². The Kier molecular flexibility index (Phi) is 3.09. The zero-order chi connectivity index (χ0) is 15.3. The van der Waals surface area contributed by atoms with E-state index in [1.807, 2.05) is 12.1 Å². The molecule has 3 rings (SSSR count). The van der Waals surface area contributed by atoms with Crippen LogP contribution in [0.1, 0.15) is 39.3 Å². The van der Waals surface area contributed by atoms with E-state index in [-0.39, 0.29) is 23.4 Å². The van der Waals surface area contributed by atoms with Crippen molar-refractivity contribution >= 4 is 5.91 Å². The van der Waals surface area contributed by atoms with Crippen LogP contribution < -0.4 is 0 Å². The Morgan fingerprint density at radius 1 is 1.10 bits per heavy atom. The van der Waals surface area contributed by atoms with Gasteiger partial charge in [0.1, 0.15) is 0 Å². The van der Waals surface area contributed by atoms with E-state index in [0.29, 0.717) is 0 Å². The maximum absolute atomic E-state index is 13.1. The van der Waals surface area contributed by atoms with Gasteiger partial charge in [-0.2, -0.15) is 0 Å². The molecule has 0 unspecified atom stereocenters. The molecular formula is C19H23NO. The second kappa shape index (κ2) is 4.59. The van der Waals surface area contributed by atoms with Gasteiger partial charge in [-0.15, -0.1) is 0 Å². The number of rotatable bonds is 1. The van der Waals surface area contributed by atoms with Crippen molar-refractivity contribution in [1.82, 2.24) is 4.90 Å². The van der Waals surface area contributed by atoms with Crippen LogP contribution in [0.2, 0.25) is 0 Å². The average Bonchev–Trinajstić information content (AvgIpc) is 2.68. The molecule has 1 saturated heterocycles. The molecular weight excluding hydrogens is 258 g/mol. The molecule has 0 bridgehead atoms. The highest BCUT2D eigenvalue weighted by Crippen LogP contribution is 2.54. The number of nitrogens with zero attached hydrogens (tertiary/aromatic N) is 1. The number of amides is 1. The van der Waals surface area contributed by atoms with Gasteiger partial charge in [0.25, 0.3) is 0 Å². The van der Waals surface area contributed by atoms with Gasteiger partial charge in [0.2, 0.25) is 5.91 Å². The minimum Gasteiger partial charge on any atom is -0.329 e. The number of likely N-dealkylation sites (tertiary alicyclic amines) is 1. The molecule has 1 fully saturated rings. The highest BCUT2D eigenvalue weighted by Gasteiger charge is 2.57. The third kappa shape index (κ3) is 2.05. The summed E-state index contributed by atoms with van der Waals surface area (Å²) in [6.45, 7) is 8.43. The highest BCUT2D eigenvalue weighted by molar-refractivity contribution is 5.89. The van der Waals surface area contributed by atoms with Crippen LogP contribution in [0.15, 0.2) is 54.6 Å². The Morgan fingerprint density at radius 3 is 2.38 bits per heavy atom. The molecule has 2 nitrogen and oxygen atoms in total. The van der Waals surface area contributed by atoms with Gasteiger partial charge in [0.05, 0.1) is 11.5 Å². The van der Waals surface area contributed by atoms with Gasteiger partial charge in [-0.05, 0) is 33.3 Å². The SMILES string of the molecule is CC(C)(C)N1C(=O)[C@]2(C)C=CC=C[C@H]2[C@@H]1c1ccccc1. The second-order valence-electron chi connectivity index (χ2n) is 7.25. The Bertz CT molecular complexity index is 608. The van der Waals surface area contributed by atoms with Crippen molar-refractivity contribution in [3.8, 4) is 0 Å². The van der Waals surface area contributed by atoms with Gasteiger partial charge < -0.3 is 4.90 Å². The van der Waals surface area contributed by atoms with Gasteiger partial charge in [-0.1, -0.05) is 54.6 Å². The summed E-state index contributed by atoms with van der Waals surface area (Å²) in [4.78, 5) is 15.2. The first-order chi connectivity index (χ1) is 9.86. The molecule has 0 N–H and O–H groups in total. The predicted molar refractivity (Wildman–Crippen MR) is 85.7 cm³/mol. The van der Waals surface area contributed by atoms with Gasteiger partial charge in [-0.25, -0.2) is 0 Å². The van der Waals surface area contributed by atoms with Crippen LogP contribution in [0.25, 0.3) is 0 Å². The first kappa shape index (κ1) is 14.1. The number of carbonyl (C=O) groups excluding carboxylic acids is 1. The fourth-order valence-corrected chi connectivity index (χ4v) is 3.67. The molecule has 0 radical (unpaired) electrons. The summed E-state index contributed by atoms with van der Waals surface area (Å²) in [5, 5.41) is 0. The lowest BCUT2D eigenvalue weighted by Crippen LogP contribution is -2.45. The molecule has 2 aliphatic rings. The van der Waals surface area contributed by atoms with Gasteiger partial charge in [0, 0.05) is 11.5 Å². The van der Waals surface area contributed by atoms with Crippen molar-refractivity contribution in [1.29, 1.82) is 0 Å². The van der Waals surface area contributed by atoms with Crippen LogP contribution in [0, 0.1) is 11.3 Å². The molecule has 1 aliphatic heterocycles. The molecule has 1 amide bonds. The second-order valence-corrected chi connectivity index (χ2v) is 7.25. The maximum atomic E-state index is 13.1. The molecule has 21 heavy (non-hydrogen) atoms. The number of carbonyl (C=O) groups is 1. The zero-order valence-corrected chi connectivity index (χ0v) is 13.2. The first-order valence-electron chi connectivity index (χ1n) is 7.60. The Labute approximate surface area is 127 Å². The fourth-order valence-electron chi connectivity index (χ4n) is 3.67. The third-order valence-electron chi connectivity index (χ3n) is 4.73. The largest absolute Gasteiger partial charge is 0.329 e. The zero-order valence-electron chi connectivity index (χ0n) is 13.2. The fraction of sp³-hybridized carbons (Fsp3) is 0.421. The summed E-state index contributed by atoms with van der Waals surface area (Å²) in [6.07, 6.45) is 8.34. The standard InChI is InChI=1S/C19H23NO/c1-18(2,3)20-16(14-10-6-5-7-11-14)15-12-8-9-13-19(15,4)17(20)21/h5-13,15-16H,1-4H3/t15-,16-,19+/m0/s1. The van der Waals surface area contributed by atoms with Crippen molar-refractivity contribution in [3.05, 3.63) is 60.2 Å². The molecule has 1 heterocycles. The smallest absolute Gasteiger partial charge is 0.234 e. The lowest BCUT2D eigenvalue weighted by molar-refractivity contribution is -0.139. The number of hydrogen-bond donors (Lipinski definition) is 0. The Hall–Kier alpha value is -1.83.